The van der Waals surface area contributed by atoms with Crippen LogP contribution in [0.25, 0.3) is 17.1 Å². The van der Waals surface area contributed by atoms with Gasteiger partial charge >= 0.3 is 0 Å². The number of halogens is 1. The van der Waals surface area contributed by atoms with E-state index in [0.29, 0.717) is 19.6 Å². The third-order valence-electron chi connectivity index (χ3n) is 5.78. The van der Waals surface area contributed by atoms with E-state index in [2.05, 4.69) is 50.9 Å². The molecule has 2 aromatic heterocycles. The van der Waals surface area contributed by atoms with Crippen molar-refractivity contribution in [2.45, 2.75) is 30.7 Å². The number of pyridine rings is 1. The fraction of sp³-hybridized carbons (Fsp3) is 0.269. The smallest absolute Gasteiger partial charge is 0.196 e. The number of aryl methyl sites for hydroxylation is 1. The van der Waals surface area contributed by atoms with Crippen molar-refractivity contribution in [3.05, 3.63) is 90.0 Å². The Morgan fingerprint density at radius 2 is 1.65 bits per heavy atom. The Hall–Kier alpha value is -3.07. The van der Waals surface area contributed by atoms with Crippen LogP contribution in [0.4, 0.5) is 4.39 Å². The molecule has 0 radical (unpaired) electrons. The average molecular weight is 477 g/mol. The van der Waals surface area contributed by atoms with Crippen LogP contribution in [-0.2, 0) is 15.3 Å². The van der Waals surface area contributed by atoms with Crippen LogP contribution in [-0.4, -0.2) is 38.7 Å². The summed E-state index contributed by atoms with van der Waals surface area (Å²) in [5.74, 6) is 0.490. The zero-order valence-corrected chi connectivity index (χ0v) is 19.7. The average Bonchev–Trinajstić information content (AvgIpc) is 3.52. The zero-order chi connectivity index (χ0) is 23.4. The molecule has 0 unspecified atom stereocenters. The fourth-order valence-electron chi connectivity index (χ4n) is 4.06. The molecule has 5 rings (SSSR count). The second-order valence-electron chi connectivity index (χ2n) is 8.12. The van der Waals surface area contributed by atoms with E-state index in [1.165, 1.54) is 17.7 Å². The van der Waals surface area contributed by atoms with E-state index >= 15 is 0 Å². The van der Waals surface area contributed by atoms with E-state index < -0.39 is 5.79 Å². The first-order chi connectivity index (χ1) is 16.6. The summed E-state index contributed by atoms with van der Waals surface area (Å²) in [4.78, 5) is 4.12. The fourth-order valence-corrected chi connectivity index (χ4v) is 4.95. The Morgan fingerprint density at radius 3 is 2.35 bits per heavy atom. The molecule has 6 nitrogen and oxygen atoms in total. The number of thioether (sulfide) groups is 1. The quantitative estimate of drug-likeness (QED) is 0.245. The Balaban J connectivity index is 1.34. The number of ether oxygens (including phenoxy) is 2. The minimum absolute atomic E-state index is 0.270. The summed E-state index contributed by atoms with van der Waals surface area (Å²) < 4.78 is 27.5. The van der Waals surface area contributed by atoms with Gasteiger partial charge in [-0.2, -0.15) is 0 Å². The van der Waals surface area contributed by atoms with Gasteiger partial charge in [-0.15, -0.1) is 10.2 Å². The van der Waals surface area contributed by atoms with Crippen molar-refractivity contribution in [2.75, 3.05) is 19.0 Å². The molecule has 0 aliphatic carbocycles. The molecule has 1 fully saturated rings. The van der Waals surface area contributed by atoms with E-state index in [1.54, 1.807) is 36.3 Å². The largest absolute Gasteiger partial charge is 0.343 e. The normalized spacial score (nSPS) is 15.0. The Bertz CT molecular complexity index is 1220. The standard InChI is InChI=1S/C26H25FN4O2S/c1-19-3-9-23(10-4-19)31-24(20-11-14-28-15-12-20)29-30-25(31)34-18-2-13-26(32-16-17-33-26)21-5-7-22(27)8-6-21/h3-12,14-15H,2,13,16-18H2,1H3. The zero-order valence-electron chi connectivity index (χ0n) is 18.9. The Morgan fingerprint density at radius 1 is 0.941 bits per heavy atom. The molecular weight excluding hydrogens is 451 g/mol. The van der Waals surface area contributed by atoms with Crippen LogP contribution in [0.2, 0.25) is 0 Å². The molecule has 0 amide bonds. The molecule has 1 aliphatic rings. The first-order valence-corrected chi connectivity index (χ1v) is 12.2. The molecular formula is C26H25FN4O2S. The minimum atomic E-state index is -0.818. The summed E-state index contributed by atoms with van der Waals surface area (Å²) in [5, 5.41) is 9.81. The summed E-state index contributed by atoms with van der Waals surface area (Å²) in [6.45, 7) is 3.13. The van der Waals surface area contributed by atoms with Gasteiger partial charge < -0.3 is 9.47 Å². The topological polar surface area (TPSA) is 62.1 Å². The van der Waals surface area contributed by atoms with Crippen molar-refractivity contribution in [2.24, 2.45) is 0 Å². The summed E-state index contributed by atoms with van der Waals surface area (Å²) in [6.07, 6.45) is 5.01. The SMILES string of the molecule is Cc1ccc(-n2c(SCCCC3(c4ccc(F)cc4)OCCO3)nnc2-c2ccncc2)cc1. The van der Waals surface area contributed by atoms with Crippen molar-refractivity contribution >= 4 is 11.8 Å². The van der Waals surface area contributed by atoms with E-state index in [-0.39, 0.29) is 5.82 Å². The van der Waals surface area contributed by atoms with Crippen LogP contribution >= 0.6 is 11.8 Å². The molecule has 34 heavy (non-hydrogen) atoms. The van der Waals surface area contributed by atoms with Gasteiger partial charge in [-0.1, -0.05) is 41.6 Å². The predicted molar refractivity (Wildman–Crippen MR) is 129 cm³/mol. The monoisotopic (exact) mass is 476 g/mol. The van der Waals surface area contributed by atoms with Crippen LogP contribution in [0.5, 0.6) is 0 Å². The number of hydrogen-bond acceptors (Lipinski definition) is 6. The molecule has 0 spiro atoms. The highest BCUT2D eigenvalue weighted by Crippen LogP contribution is 2.37. The summed E-state index contributed by atoms with van der Waals surface area (Å²) >= 11 is 1.64. The lowest BCUT2D eigenvalue weighted by Gasteiger charge is -2.27. The van der Waals surface area contributed by atoms with Crippen molar-refractivity contribution in [1.29, 1.82) is 0 Å². The van der Waals surface area contributed by atoms with Crippen LogP contribution < -0.4 is 0 Å². The van der Waals surface area contributed by atoms with Gasteiger partial charge in [-0.05, 0) is 49.7 Å². The highest BCUT2D eigenvalue weighted by molar-refractivity contribution is 7.99. The third kappa shape index (κ3) is 4.75. The Kier molecular flexibility index (Phi) is 6.71. The number of hydrogen-bond donors (Lipinski definition) is 0. The van der Waals surface area contributed by atoms with Gasteiger partial charge in [0.2, 0.25) is 0 Å². The molecule has 8 heteroatoms. The maximum atomic E-state index is 13.4. The second kappa shape index (κ2) is 10.0. The molecule has 0 atom stereocenters. The van der Waals surface area contributed by atoms with Crippen LogP contribution in [0.3, 0.4) is 0 Å². The number of nitrogens with zero attached hydrogens (tertiary/aromatic N) is 4. The molecule has 1 aliphatic heterocycles. The van der Waals surface area contributed by atoms with Gasteiger partial charge in [0.05, 0.1) is 13.2 Å². The van der Waals surface area contributed by atoms with Crippen LogP contribution in [0, 0.1) is 12.7 Å². The first kappa shape index (κ1) is 22.7. The van der Waals surface area contributed by atoms with E-state index in [9.17, 15) is 4.39 Å². The minimum Gasteiger partial charge on any atom is -0.343 e. The lowest BCUT2D eigenvalue weighted by Crippen LogP contribution is -2.27. The predicted octanol–water partition coefficient (Wildman–Crippen LogP) is 5.55. The summed E-state index contributed by atoms with van der Waals surface area (Å²) in [5.41, 5.74) is 4.01. The number of benzene rings is 2. The van der Waals surface area contributed by atoms with Gasteiger partial charge in [-0.25, -0.2) is 4.39 Å². The van der Waals surface area contributed by atoms with E-state index in [1.807, 2.05) is 12.1 Å². The van der Waals surface area contributed by atoms with Gasteiger partial charge in [-0.3, -0.25) is 9.55 Å². The van der Waals surface area contributed by atoms with Crippen LogP contribution in [0.1, 0.15) is 24.0 Å². The lowest BCUT2D eigenvalue weighted by molar-refractivity contribution is -0.170. The number of rotatable bonds is 8. The van der Waals surface area contributed by atoms with Gasteiger partial charge in [0.1, 0.15) is 5.82 Å². The molecule has 0 bridgehead atoms. The van der Waals surface area contributed by atoms with Gasteiger partial charge in [0.15, 0.2) is 16.8 Å². The molecule has 0 N–H and O–H groups in total. The summed E-state index contributed by atoms with van der Waals surface area (Å²) in [6, 6.07) is 18.6. The van der Waals surface area contributed by atoms with Gasteiger partial charge in [0.25, 0.3) is 0 Å². The first-order valence-electron chi connectivity index (χ1n) is 11.2. The van der Waals surface area contributed by atoms with Crippen molar-refractivity contribution in [1.82, 2.24) is 19.7 Å². The maximum Gasteiger partial charge on any atom is 0.196 e. The molecule has 3 heterocycles. The van der Waals surface area contributed by atoms with Crippen LogP contribution in [0.15, 0.2) is 78.2 Å². The molecule has 4 aromatic rings. The molecule has 2 aromatic carbocycles. The molecule has 174 valence electrons. The Labute approximate surface area is 202 Å². The lowest BCUT2D eigenvalue weighted by atomic mass is 10.0. The maximum absolute atomic E-state index is 13.4. The third-order valence-corrected chi connectivity index (χ3v) is 6.80. The molecule has 0 saturated carbocycles. The summed E-state index contributed by atoms with van der Waals surface area (Å²) in [7, 11) is 0. The molecule has 1 saturated heterocycles. The highest BCUT2D eigenvalue weighted by atomic mass is 32.2. The van der Waals surface area contributed by atoms with Crippen molar-refractivity contribution < 1.29 is 13.9 Å². The second-order valence-corrected chi connectivity index (χ2v) is 9.18. The van der Waals surface area contributed by atoms with E-state index in [0.717, 1.165) is 40.0 Å². The van der Waals surface area contributed by atoms with Gasteiger partial charge in [0, 0.05) is 41.4 Å². The number of aromatic nitrogens is 4. The highest BCUT2D eigenvalue weighted by Gasteiger charge is 2.38. The van der Waals surface area contributed by atoms with E-state index in [4.69, 9.17) is 9.47 Å². The van der Waals surface area contributed by atoms with Crippen molar-refractivity contribution in [3.63, 3.8) is 0 Å². The van der Waals surface area contributed by atoms with Crippen molar-refractivity contribution in [3.8, 4) is 17.1 Å².